The molecule has 1 nitrogen and oxygen atoms in total. The molecule has 0 bridgehead atoms. The summed E-state index contributed by atoms with van der Waals surface area (Å²) in [6.45, 7) is 10.2. The van der Waals surface area contributed by atoms with E-state index in [1.807, 2.05) is 33.9 Å². The molecule has 0 saturated carbocycles. The summed E-state index contributed by atoms with van der Waals surface area (Å²) in [6, 6.07) is 8.19. The third-order valence-corrected chi connectivity index (χ3v) is 6.38. The van der Waals surface area contributed by atoms with Gasteiger partial charge in [0.1, 0.15) is 0 Å². The van der Waals surface area contributed by atoms with Crippen molar-refractivity contribution in [2.75, 3.05) is 19.6 Å². The molecular formula is C14H20NS2+. The van der Waals surface area contributed by atoms with Gasteiger partial charge in [0.05, 0.1) is 19.6 Å². The minimum atomic E-state index is 0.957. The maximum atomic E-state index is 5.41. The molecule has 0 radical (unpaired) electrons. The van der Waals surface area contributed by atoms with E-state index in [0.29, 0.717) is 0 Å². The zero-order valence-electron chi connectivity index (χ0n) is 10.8. The van der Waals surface area contributed by atoms with Crippen molar-refractivity contribution in [3.63, 3.8) is 0 Å². The largest absolute Gasteiger partial charge is 0.252 e. The standard InChI is InChI=1S/C14H20NS2/c1-5-13-10-9-11-14(12-13)16-17-15(6-2,7-3)8-4/h1,9-12H,6-8H2,2-4H3/q+1. The molecule has 0 unspecified atom stereocenters. The van der Waals surface area contributed by atoms with Crippen molar-refractivity contribution in [3.8, 4) is 12.3 Å². The number of hydrogen-bond donors (Lipinski definition) is 0. The Kier molecular flexibility index (Phi) is 5.97. The third kappa shape index (κ3) is 3.99. The van der Waals surface area contributed by atoms with E-state index in [0.717, 1.165) is 29.1 Å². The molecule has 1 aromatic carbocycles. The summed E-state index contributed by atoms with van der Waals surface area (Å²) >= 11 is 0. The molecule has 0 aliphatic carbocycles. The van der Waals surface area contributed by atoms with Crippen LogP contribution in [-0.2, 0) is 0 Å². The Balaban J connectivity index is 2.69. The molecule has 0 aliphatic heterocycles. The van der Waals surface area contributed by atoms with E-state index in [4.69, 9.17) is 6.42 Å². The highest BCUT2D eigenvalue weighted by atomic mass is 33.1. The van der Waals surface area contributed by atoms with Crippen LogP contribution in [-0.4, -0.2) is 23.5 Å². The zero-order chi connectivity index (χ0) is 12.7. The molecule has 92 valence electrons. The first kappa shape index (κ1) is 14.5. The van der Waals surface area contributed by atoms with E-state index >= 15 is 0 Å². The second kappa shape index (κ2) is 7.00. The van der Waals surface area contributed by atoms with E-state index in [1.165, 1.54) is 4.90 Å². The Bertz CT molecular complexity index is 383. The molecule has 1 rings (SSSR count). The Morgan fingerprint density at radius 2 is 1.82 bits per heavy atom. The van der Waals surface area contributed by atoms with Crippen LogP contribution in [0, 0.1) is 12.3 Å². The summed E-state index contributed by atoms with van der Waals surface area (Å²) in [5, 5.41) is 0. The number of benzene rings is 1. The van der Waals surface area contributed by atoms with Crippen LogP contribution in [0.4, 0.5) is 0 Å². The topological polar surface area (TPSA) is 0 Å². The van der Waals surface area contributed by atoms with Crippen molar-refractivity contribution < 1.29 is 3.89 Å². The van der Waals surface area contributed by atoms with Crippen LogP contribution in [0.15, 0.2) is 29.2 Å². The summed E-state index contributed by atoms with van der Waals surface area (Å²) in [6.07, 6.45) is 5.41. The van der Waals surface area contributed by atoms with Gasteiger partial charge in [-0.15, -0.1) is 6.42 Å². The smallest absolute Gasteiger partial charge is 0.152 e. The summed E-state index contributed by atoms with van der Waals surface area (Å²) in [5.74, 6) is 2.68. The lowest BCUT2D eigenvalue weighted by Crippen LogP contribution is -2.39. The van der Waals surface area contributed by atoms with Crippen molar-refractivity contribution in [1.82, 2.24) is 0 Å². The van der Waals surface area contributed by atoms with Crippen molar-refractivity contribution in [3.05, 3.63) is 29.8 Å². The van der Waals surface area contributed by atoms with Gasteiger partial charge < -0.3 is 0 Å². The summed E-state index contributed by atoms with van der Waals surface area (Å²) in [5.41, 5.74) is 0.957. The number of nitrogens with zero attached hydrogens (tertiary/aromatic N) is 1. The van der Waals surface area contributed by atoms with Crippen LogP contribution in [0.1, 0.15) is 26.3 Å². The van der Waals surface area contributed by atoms with Gasteiger partial charge in [0.15, 0.2) is 11.0 Å². The van der Waals surface area contributed by atoms with Crippen molar-refractivity contribution >= 4 is 21.8 Å². The molecule has 1 aromatic rings. The van der Waals surface area contributed by atoms with Crippen molar-refractivity contribution in [2.45, 2.75) is 25.7 Å². The van der Waals surface area contributed by atoms with Gasteiger partial charge in [-0.25, -0.2) is 0 Å². The van der Waals surface area contributed by atoms with Gasteiger partial charge in [-0.2, -0.15) is 0 Å². The average molecular weight is 266 g/mol. The molecule has 17 heavy (non-hydrogen) atoms. The fourth-order valence-electron chi connectivity index (χ4n) is 1.59. The highest BCUT2D eigenvalue weighted by molar-refractivity contribution is 8.74. The Morgan fingerprint density at radius 1 is 1.18 bits per heavy atom. The maximum absolute atomic E-state index is 5.41. The first-order valence-corrected chi connectivity index (χ1v) is 8.09. The van der Waals surface area contributed by atoms with Crippen LogP contribution in [0.2, 0.25) is 0 Å². The van der Waals surface area contributed by atoms with Gasteiger partial charge in [-0.05, 0) is 39.0 Å². The molecule has 0 N–H and O–H groups in total. The monoisotopic (exact) mass is 266 g/mol. The number of rotatable bonds is 6. The van der Waals surface area contributed by atoms with Gasteiger partial charge >= 0.3 is 0 Å². The van der Waals surface area contributed by atoms with Crippen LogP contribution in [0.5, 0.6) is 0 Å². The van der Waals surface area contributed by atoms with Crippen molar-refractivity contribution in [2.24, 2.45) is 0 Å². The quantitative estimate of drug-likeness (QED) is 0.327. The molecule has 0 spiro atoms. The second-order valence-corrected chi connectivity index (χ2v) is 6.35. The summed E-state index contributed by atoms with van der Waals surface area (Å²) < 4.78 is 1.07. The van der Waals surface area contributed by atoms with Gasteiger partial charge in [-0.3, -0.25) is 3.89 Å². The maximum Gasteiger partial charge on any atom is 0.152 e. The summed E-state index contributed by atoms with van der Waals surface area (Å²) in [4.78, 5) is 1.24. The Morgan fingerprint density at radius 3 is 2.35 bits per heavy atom. The van der Waals surface area contributed by atoms with Gasteiger partial charge in [0.25, 0.3) is 0 Å². The van der Waals surface area contributed by atoms with Crippen LogP contribution >= 0.6 is 21.8 Å². The predicted octanol–water partition coefficient (Wildman–Crippen LogP) is 4.20. The lowest BCUT2D eigenvalue weighted by molar-refractivity contribution is -0.787. The highest BCUT2D eigenvalue weighted by Gasteiger charge is 2.23. The Hall–Kier alpha value is -0.560. The lowest BCUT2D eigenvalue weighted by Gasteiger charge is -2.31. The molecule has 0 aromatic heterocycles. The van der Waals surface area contributed by atoms with E-state index < -0.39 is 0 Å². The molecule has 0 fully saturated rings. The first-order chi connectivity index (χ1) is 8.19. The third-order valence-electron chi connectivity index (χ3n) is 3.02. The van der Waals surface area contributed by atoms with Crippen LogP contribution < -0.4 is 0 Å². The predicted molar refractivity (Wildman–Crippen MR) is 79.7 cm³/mol. The number of hydrogen-bond acceptors (Lipinski definition) is 2. The fourth-order valence-corrected chi connectivity index (χ4v) is 4.45. The number of quaternary nitrogens is 1. The average Bonchev–Trinajstić information content (AvgIpc) is 2.41. The molecular weight excluding hydrogens is 246 g/mol. The molecule has 0 heterocycles. The molecule has 0 amide bonds. The number of terminal acetylenes is 1. The van der Waals surface area contributed by atoms with E-state index in [1.54, 1.807) is 0 Å². The fraction of sp³-hybridized carbons (Fsp3) is 0.429. The highest BCUT2D eigenvalue weighted by Crippen LogP contribution is 2.39. The van der Waals surface area contributed by atoms with Crippen molar-refractivity contribution in [1.29, 1.82) is 0 Å². The first-order valence-electron chi connectivity index (χ1n) is 5.98. The van der Waals surface area contributed by atoms with Gasteiger partial charge in [0, 0.05) is 21.3 Å². The minimum Gasteiger partial charge on any atom is -0.252 e. The normalized spacial score (nSPS) is 11.2. The molecule has 3 heteroatoms. The molecule has 0 saturated heterocycles. The van der Waals surface area contributed by atoms with E-state index in [2.05, 4.69) is 38.8 Å². The molecule has 0 atom stereocenters. The van der Waals surface area contributed by atoms with Crippen LogP contribution in [0.3, 0.4) is 0 Å². The second-order valence-electron chi connectivity index (χ2n) is 3.84. The molecule has 0 aliphatic rings. The zero-order valence-corrected chi connectivity index (χ0v) is 12.4. The van der Waals surface area contributed by atoms with E-state index in [9.17, 15) is 0 Å². The minimum absolute atomic E-state index is 0.957. The van der Waals surface area contributed by atoms with Gasteiger partial charge in [0.2, 0.25) is 0 Å². The lowest BCUT2D eigenvalue weighted by atomic mass is 10.2. The Labute approximate surface area is 113 Å². The van der Waals surface area contributed by atoms with Gasteiger partial charge in [-0.1, -0.05) is 12.0 Å². The van der Waals surface area contributed by atoms with Crippen LogP contribution in [0.25, 0.3) is 0 Å². The summed E-state index contributed by atoms with van der Waals surface area (Å²) in [7, 11) is 3.75. The van der Waals surface area contributed by atoms with E-state index in [-0.39, 0.29) is 0 Å². The SMILES string of the molecule is C#Cc1cccc(SS[N+](CC)(CC)CC)c1.